The second kappa shape index (κ2) is 5.73. The van der Waals surface area contributed by atoms with Gasteiger partial charge in [-0.05, 0) is 32.4 Å². The van der Waals surface area contributed by atoms with Crippen LogP contribution in [0.4, 0.5) is 10.5 Å². The van der Waals surface area contributed by atoms with E-state index in [1.165, 1.54) is 0 Å². The topological polar surface area (TPSA) is 61.4 Å². The van der Waals surface area contributed by atoms with Gasteiger partial charge < -0.3 is 15.5 Å². The number of anilines is 1. The van der Waals surface area contributed by atoms with Gasteiger partial charge in [0, 0.05) is 18.3 Å². The van der Waals surface area contributed by atoms with E-state index in [1.54, 1.807) is 4.90 Å². The Labute approximate surface area is 113 Å². The zero-order valence-corrected chi connectivity index (χ0v) is 11.2. The Hall–Kier alpha value is -2.04. The summed E-state index contributed by atoms with van der Waals surface area (Å²) in [6.45, 7) is 4.40. The Morgan fingerprint density at radius 3 is 2.63 bits per heavy atom. The summed E-state index contributed by atoms with van der Waals surface area (Å²) in [6, 6.07) is 8.84. The van der Waals surface area contributed by atoms with Crippen LogP contribution in [-0.2, 0) is 4.79 Å². The standard InChI is InChI=1S/C14H19N3O2/c1-10(2)15-14(19)16-12-8-9-17(13(12)18)11-6-4-3-5-7-11/h3-7,10,12H,8-9H2,1-2H3,(H2,15,16,19)/t12-/m1/s1. The van der Waals surface area contributed by atoms with Crippen LogP contribution in [0.1, 0.15) is 20.3 Å². The molecule has 1 atom stereocenters. The van der Waals surface area contributed by atoms with Gasteiger partial charge in [-0.15, -0.1) is 0 Å². The van der Waals surface area contributed by atoms with Crippen LogP contribution in [0.5, 0.6) is 0 Å². The highest BCUT2D eigenvalue weighted by molar-refractivity contribution is 6.01. The highest BCUT2D eigenvalue weighted by Gasteiger charge is 2.33. The van der Waals surface area contributed by atoms with Crippen molar-refractivity contribution in [3.8, 4) is 0 Å². The van der Waals surface area contributed by atoms with Crippen LogP contribution < -0.4 is 15.5 Å². The molecule has 0 spiro atoms. The number of carbonyl (C=O) groups excluding carboxylic acids is 2. The normalized spacial score (nSPS) is 18.8. The fourth-order valence-electron chi connectivity index (χ4n) is 2.14. The molecule has 0 unspecified atom stereocenters. The first-order chi connectivity index (χ1) is 9.08. The monoisotopic (exact) mass is 261 g/mol. The fourth-order valence-corrected chi connectivity index (χ4v) is 2.14. The van der Waals surface area contributed by atoms with Crippen molar-refractivity contribution >= 4 is 17.6 Å². The lowest BCUT2D eigenvalue weighted by Gasteiger charge is -2.17. The van der Waals surface area contributed by atoms with Crippen molar-refractivity contribution in [1.29, 1.82) is 0 Å². The predicted octanol–water partition coefficient (Wildman–Crippen LogP) is 1.50. The van der Waals surface area contributed by atoms with Crippen molar-refractivity contribution in [2.24, 2.45) is 0 Å². The van der Waals surface area contributed by atoms with Gasteiger partial charge >= 0.3 is 6.03 Å². The Morgan fingerprint density at radius 1 is 1.32 bits per heavy atom. The highest BCUT2D eigenvalue weighted by Crippen LogP contribution is 2.20. The first kappa shape index (κ1) is 13.4. The largest absolute Gasteiger partial charge is 0.336 e. The third-order valence-corrected chi connectivity index (χ3v) is 3.00. The summed E-state index contributed by atoms with van der Waals surface area (Å²) < 4.78 is 0. The van der Waals surface area contributed by atoms with Gasteiger partial charge in [-0.25, -0.2) is 4.79 Å². The van der Waals surface area contributed by atoms with Crippen LogP contribution in [0.3, 0.4) is 0 Å². The van der Waals surface area contributed by atoms with E-state index >= 15 is 0 Å². The number of benzene rings is 1. The van der Waals surface area contributed by atoms with E-state index in [2.05, 4.69) is 10.6 Å². The molecule has 1 saturated heterocycles. The lowest BCUT2D eigenvalue weighted by atomic mass is 10.2. The lowest BCUT2D eigenvalue weighted by molar-refractivity contribution is -0.118. The molecule has 102 valence electrons. The summed E-state index contributed by atoms with van der Waals surface area (Å²) in [6.07, 6.45) is 0.638. The van der Waals surface area contributed by atoms with Crippen molar-refractivity contribution in [2.45, 2.75) is 32.4 Å². The molecule has 0 aromatic heterocycles. The van der Waals surface area contributed by atoms with Crippen molar-refractivity contribution < 1.29 is 9.59 Å². The van der Waals surface area contributed by atoms with Crippen LogP contribution in [0.2, 0.25) is 0 Å². The molecule has 5 heteroatoms. The molecular weight excluding hydrogens is 242 g/mol. The average molecular weight is 261 g/mol. The maximum Gasteiger partial charge on any atom is 0.315 e. The molecule has 0 bridgehead atoms. The van der Waals surface area contributed by atoms with Crippen molar-refractivity contribution in [1.82, 2.24) is 10.6 Å². The SMILES string of the molecule is CC(C)NC(=O)N[C@@H]1CCN(c2ccccc2)C1=O. The minimum atomic E-state index is -0.432. The molecule has 2 rings (SSSR count). The van der Waals surface area contributed by atoms with Gasteiger partial charge in [0.15, 0.2) is 0 Å². The van der Waals surface area contributed by atoms with E-state index in [4.69, 9.17) is 0 Å². The number of hydrogen-bond acceptors (Lipinski definition) is 2. The number of carbonyl (C=O) groups is 2. The van der Waals surface area contributed by atoms with E-state index < -0.39 is 6.04 Å². The maximum atomic E-state index is 12.2. The molecule has 1 aromatic rings. The molecule has 3 amide bonds. The van der Waals surface area contributed by atoms with Crippen molar-refractivity contribution in [2.75, 3.05) is 11.4 Å². The minimum Gasteiger partial charge on any atom is -0.336 e. The van der Waals surface area contributed by atoms with Gasteiger partial charge in [-0.3, -0.25) is 4.79 Å². The maximum absolute atomic E-state index is 12.2. The predicted molar refractivity (Wildman–Crippen MR) is 74.0 cm³/mol. The second-order valence-electron chi connectivity index (χ2n) is 4.94. The Bertz CT molecular complexity index is 459. The molecular formula is C14H19N3O2. The molecule has 5 nitrogen and oxygen atoms in total. The van der Waals surface area contributed by atoms with E-state index in [-0.39, 0.29) is 18.0 Å². The Morgan fingerprint density at radius 2 is 2.00 bits per heavy atom. The van der Waals surface area contributed by atoms with Gasteiger partial charge in [0.2, 0.25) is 5.91 Å². The van der Waals surface area contributed by atoms with Crippen molar-refractivity contribution in [3.63, 3.8) is 0 Å². The number of urea groups is 1. The third kappa shape index (κ3) is 3.24. The van der Waals surface area contributed by atoms with Crippen LogP contribution in [0.15, 0.2) is 30.3 Å². The van der Waals surface area contributed by atoms with E-state index in [0.29, 0.717) is 13.0 Å². The quantitative estimate of drug-likeness (QED) is 0.866. The number of rotatable bonds is 3. The summed E-state index contributed by atoms with van der Waals surface area (Å²) >= 11 is 0. The third-order valence-electron chi connectivity index (χ3n) is 3.00. The first-order valence-electron chi connectivity index (χ1n) is 6.51. The van der Waals surface area contributed by atoms with Gasteiger partial charge in [0.05, 0.1) is 0 Å². The molecule has 1 aliphatic heterocycles. The molecule has 1 aromatic carbocycles. The molecule has 0 saturated carbocycles. The number of amides is 3. The van der Waals surface area contributed by atoms with Gasteiger partial charge in [0.1, 0.15) is 6.04 Å². The number of nitrogens with zero attached hydrogens (tertiary/aromatic N) is 1. The first-order valence-corrected chi connectivity index (χ1v) is 6.51. The molecule has 1 fully saturated rings. The van der Waals surface area contributed by atoms with Crippen molar-refractivity contribution in [3.05, 3.63) is 30.3 Å². The smallest absolute Gasteiger partial charge is 0.315 e. The summed E-state index contributed by atoms with van der Waals surface area (Å²) in [7, 11) is 0. The average Bonchev–Trinajstić information content (AvgIpc) is 2.71. The van der Waals surface area contributed by atoms with Crippen LogP contribution in [0, 0.1) is 0 Å². The van der Waals surface area contributed by atoms with E-state index in [0.717, 1.165) is 5.69 Å². The summed E-state index contributed by atoms with van der Waals surface area (Å²) in [5.74, 6) is -0.0508. The van der Waals surface area contributed by atoms with E-state index in [9.17, 15) is 9.59 Å². The van der Waals surface area contributed by atoms with Gasteiger partial charge in [-0.2, -0.15) is 0 Å². The zero-order valence-electron chi connectivity index (χ0n) is 11.2. The lowest BCUT2D eigenvalue weighted by Crippen LogP contribution is -2.47. The number of nitrogens with one attached hydrogen (secondary N) is 2. The second-order valence-corrected chi connectivity index (χ2v) is 4.94. The zero-order chi connectivity index (χ0) is 13.8. The van der Waals surface area contributed by atoms with Crippen LogP contribution >= 0.6 is 0 Å². The molecule has 0 radical (unpaired) electrons. The fraction of sp³-hybridized carbons (Fsp3) is 0.429. The van der Waals surface area contributed by atoms with E-state index in [1.807, 2.05) is 44.2 Å². The molecule has 1 heterocycles. The Kier molecular flexibility index (Phi) is 4.04. The highest BCUT2D eigenvalue weighted by atomic mass is 16.2. The summed E-state index contributed by atoms with van der Waals surface area (Å²) in [5.41, 5.74) is 0.876. The summed E-state index contributed by atoms with van der Waals surface area (Å²) in [5, 5.41) is 5.44. The summed E-state index contributed by atoms with van der Waals surface area (Å²) in [4.78, 5) is 25.5. The molecule has 2 N–H and O–H groups in total. The van der Waals surface area contributed by atoms with Crippen LogP contribution in [0.25, 0.3) is 0 Å². The number of hydrogen-bond donors (Lipinski definition) is 2. The molecule has 0 aliphatic carbocycles. The number of para-hydroxylation sites is 1. The molecule has 1 aliphatic rings. The van der Waals surface area contributed by atoms with Gasteiger partial charge in [0.25, 0.3) is 0 Å². The minimum absolute atomic E-state index is 0.0508. The van der Waals surface area contributed by atoms with Crippen LogP contribution in [-0.4, -0.2) is 30.6 Å². The van der Waals surface area contributed by atoms with Gasteiger partial charge in [-0.1, -0.05) is 18.2 Å². The molecule has 19 heavy (non-hydrogen) atoms. The Balaban J connectivity index is 1.97.